The Hall–Kier alpha value is -0.830. The van der Waals surface area contributed by atoms with Gasteiger partial charge in [0.05, 0.1) is 6.20 Å². The van der Waals surface area contributed by atoms with Gasteiger partial charge in [0.2, 0.25) is 0 Å². The molecule has 39 valence electrons. The van der Waals surface area contributed by atoms with Gasteiger partial charge < -0.3 is 0 Å². The van der Waals surface area contributed by atoms with Crippen LogP contribution in [-0.2, 0) is 0 Å². The Morgan fingerprint density at radius 2 is 2.75 bits per heavy atom. The van der Waals surface area contributed by atoms with Crippen molar-refractivity contribution in [1.82, 2.24) is 10.2 Å². The molecule has 2 aromatic heterocycles. The molecular weight excluding hydrogens is 120 g/mol. The summed E-state index contributed by atoms with van der Waals surface area (Å²) >= 11 is 1.55. The molecule has 0 aliphatic carbocycles. The first-order chi connectivity index (χ1) is 3.97. The molecule has 0 amide bonds. The zero-order valence-corrected chi connectivity index (χ0v) is 4.83. The Balaban J connectivity index is 3.06. The minimum Gasteiger partial charge on any atom is -0.268 e. The van der Waals surface area contributed by atoms with E-state index in [1.807, 2.05) is 6.07 Å². The molecule has 0 aliphatic heterocycles. The highest BCUT2D eigenvalue weighted by molar-refractivity contribution is 7.16. The second kappa shape index (κ2) is 1.32. The lowest BCUT2D eigenvalue weighted by Gasteiger charge is -1.63. The fraction of sp³-hybridized carbons (Fsp3) is 0. The van der Waals surface area contributed by atoms with Crippen LogP contribution in [0.5, 0.6) is 0 Å². The Morgan fingerprint density at radius 1 is 1.75 bits per heavy atom. The molecule has 2 heterocycles. The van der Waals surface area contributed by atoms with Crippen LogP contribution in [0.3, 0.4) is 0 Å². The molecule has 1 radical (unpaired) electrons. The van der Waals surface area contributed by atoms with Gasteiger partial charge in [-0.05, 0) is 6.07 Å². The highest BCUT2D eigenvalue weighted by Gasteiger charge is 1.91. The van der Waals surface area contributed by atoms with Crippen LogP contribution in [0.15, 0.2) is 12.3 Å². The van der Waals surface area contributed by atoms with E-state index >= 15 is 0 Å². The van der Waals surface area contributed by atoms with Gasteiger partial charge >= 0.3 is 0 Å². The molecular formula is C5H3N2S. The quantitative estimate of drug-likeness (QED) is 0.564. The van der Waals surface area contributed by atoms with Crippen LogP contribution in [0.2, 0.25) is 0 Å². The minimum atomic E-state index is 1.10. The molecule has 2 aromatic rings. The Morgan fingerprint density at radius 3 is 3.62 bits per heavy atom. The van der Waals surface area contributed by atoms with Gasteiger partial charge in [0.1, 0.15) is 4.83 Å². The summed E-state index contributed by atoms with van der Waals surface area (Å²) in [5, 5.41) is 10.8. The van der Waals surface area contributed by atoms with E-state index in [4.69, 9.17) is 0 Å². The van der Waals surface area contributed by atoms with Gasteiger partial charge in [0, 0.05) is 10.8 Å². The lowest BCUT2D eigenvalue weighted by atomic mass is 10.5. The van der Waals surface area contributed by atoms with E-state index in [0.29, 0.717) is 0 Å². The summed E-state index contributed by atoms with van der Waals surface area (Å²) in [6.45, 7) is 0. The molecule has 3 heteroatoms. The molecule has 0 fully saturated rings. The predicted octanol–water partition coefficient (Wildman–Crippen LogP) is 1.42. The SMILES string of the molecule is [c]1cc2cn[nH]c2s1. The fourth-order valence-electron chi connectivity index (χ4n) is 0.620. The van der Waals surface area contributed by atoms with E-state index in [-0.39, 0.29) is 0 Å². The summed E-state index contributed by atoms with van der Waals surface area (Å²) in [4.78, 5) is 1.10. The van der Waals surface area contributed by atoms with Crippen molar-refractivity contribution in [3.05, 3.63) is 17.6 Å². The molecule has 2 rings (SSSR count). The smallest absolute Gasteiger partial charge is 0.118 e. The largest absolute Gasteiger partial charge is 0.268 e. The molecule has 0 saturated heterocycles. The normalized spacial score (nSPS) is 10.5. The van der Waals surface area contributed by atoms with Crippen LogP contribution in [0.1, 0.15) is 0 Å². The van der Waals surface area contributed by atoms with Crippen LogP contribution in [0.25, 0.3) is 10.2 Å². The summed E-state index contributed by atoms with van der Waals surface area (Å²) in [6, 6.07) is 1.92. The van der Waals surface area contributed by atoms with Crippen molar-refractivity contribution in [3.8, 4) is 0 Å². The Kier molecular flexibility index (Phi) is 0.676. The van der Waals surface area contributed by atoms with E-state index in [2.05, 4.69) is 15.6 Å². The van der Waals surface area contributed by atoms with Crippen molar-refractivity contribution in [3.63, 3.8) is 0 Å². The second-order valence-electron chi connectivity index (χ2n) is 1.52. The molecule has 0 bridgehead atoms. The molecule has 0 aromatic carbocycles. The number of aromatic nitrogens is 2. The van der Waals surface area contributed by atoms with Crippen molar-refractivity contribution in [2.75, 3.05) is 0 Å². The monoisotopic (exact) mass is 123 g/mol. The molecule has 2 nitrogen and oxygen atoms in total. The summed E-state index contributed by atoms with van der Waals surface area (Å²) in [5.41, 5.74) is 0. The zero-order valence-electron chi connectivity index (χ0n) is 4.01. The Labute approximate surface area is 50.2 Å². The van der Waals surface area contributed by atoms with Gasteiger partial charge in [0.25, 0.3) is 0 Å². The van der Waals surface area contributed by atoms with E-state index in [1.165, 1.54) is 0 Å². The third kappa shape index (κ3) is 0.391. The first kappa shape index (κ1) is 4.09. The maximum Gasteiger partial charge on any atom is 0.118 e. The molecule has 0 spiro atoms. The fourth-order valence-corrected chi connectivity index (χ4v) is 1.25. The van der Waals surface area contributed by atoms with E-state index in [0.717, 1.165) is 10.2 Å². The number of hydrogen-bond acceptors (Lipinski definition) is 2. The zero-order chi connectivity index (χ0) is 5.40. The molecule has 8 heavy (non-hydrogen) atoms. The van der Waals surface area contributed by atoms with Crippen molar-refractivity contribution in [2.45, 2.75) is 0 Å². The van der Waals surface area contributed by atoms with Crippen molar-refractivity contribution < 1.29 is 0 Å². The van der Waals surface area contributed by atoms with Crippen molar-refractivity contribution in [1.29, 1.82) is 0 Å². The average molecular weight is 123 g/mol. The van der Waals surface area contributed by atoms with Crippen molar-refractivity contribution in [2.24, 2.45) is 0 Å². The standard InChI is InChI=1S/C5H3N2S/c1-2-8-5-4(1)3-6-7-5/h1,3H,(H,6,7). The molecule has 0 saturated carbocycles. The van der Waals surface area contributed by atoms with E-state index < -0.39 is 0 Å². The van der Waals surface area contributed by atoms with Crippen LogP contribution in [0, 0.1) is 5.38 Å². The Bertz CT molecular complexity index is 232. The first-order valence-corrected chi connectivity index (χ1v) is 3.07. The number of nitrogens with zero attached hydrogens (tertiary/aromatic N) is 1. The van der Waals surface area contributed by atoms with Gasteiger partial charge in [-0.3, -0.25) is 5.10 Å². The number of hydrogen-bond donors (Lipinski definition) is 1. The molecule has 0 atom stereocenters. The minimum absolute atomic E-state index is 1.10. The van der Waals surface area contributed by atoms with Gasteiger partial charge in [-0.1, -0.05) is 0 Å². The van der Waals surface area contributed by atoms with Gasteiger partial charge in [0.15, 0.2) is 0 Å². The number of rotatable bonds is 0. The summed E-state index contributed by atoms with van der Waals surface area (Å²) in [7, 11) is 0. The number of fused-ring (bicyclic) bond motifs is 1. The topological polar surface area (TPSA) is 28.7 Å². The lowest BCUT2D eigenvalue weighted by molar-refractivity contribution is 1.13. The molecule has 0 unspecified atom stereocenters. The number of thiophene rings is 1. The molecule has 1 N–H and O–H groups in total. The summed E-state index contributed by atoms with van der Waals surface area (Å²) in [5.74, 6) is 0. The lowest BCUT2D eigenvalue weighted by Crippen LogP contribution is -1.56. The third-order valence-corrected chi connectivity index (χ3v) is 1.77. The van der Waals surface area contributed by atoms with Gasteiger partial charge in [-0.15, -0.1) is 11.3 Å². The van der Waals surface area contributed by atoms with Crippen LogP contribution >= 0.6 is 11.3 Å². The van der Waals surface area contributed by atoms with Crippen LogP contribution < -0.4 is 0 Å². The summed E-state index contributed by atoms with van der Waals surface area (Å²) < 4.78 is 0. The van der Waals surface area contributed by atoms with E-state index in [1.54, 1.807) is 17.5 Å². The average Bonchev–Trinajstić information content (AvgIpc) is 2.15. The maximum absolute atomic E-state index is 3.83. The number of nitrogens with one attached hydrogen (secondary N) is 1. The molecule has 0 aliphatic rings. The predicted molar refractivity (Wildman–Crippen MR) is 32.8 cm³/mol. The first-order valence-electron chi connectivity index (χ1n) is 2.26. The van der Waals surface area contributed by atoms with Gasteiger partial charge in [-0.25, -0.2) is 0 Å². The van der Waals surface area contributed by atoms with Crippen LogP contribution in [-0.4, -0.2) is 10.2 Å². The number of aromatic amines is 1. The van der Waals surface area contributed by atoms with Crippen LogP contribution in [0.4, 0.5) is 0 Å². The number of H-pyrrole nitrogens is 1. The van der Waals surface area contributed by atoms with Crippen molar-refractivity contribution >= 4 is 21.6 Å². The highest BCUT2D eigenvalue weighted by Crippen LogP contribution is 2.14. The van der Waals surface area contributed by atoms with Gasteiger partial charge in [-0.2, -0.15) is 5.10 Å². The highest BCUT2D eigenvalue weighted by atomic mass is 32.1. The second-order valence-corrected chi connectivity index (χ2v) is 2.37. The maximum atomic E-state index is 3.83. The summed E-state index contributed by atoms with van der Waals surface area (Å²) in [6.07, 6.45) is 1.79. The third-order valence-electron chi connectivity index (χ3n) is 1.01. The van der Waals surface area contributed by atoms with E-state index in [9.17, 15) is 0 Å².